The van der Waals surface area contributed by atoms with Gasteiger partial charge in [-0.15, -0.1) is 0 Å². The van der Waals surface area contributed by atoms with Gasteiger partial charge < -0.3 is 10.4 Å². The van der Waals surface area contributed by atoms with Crippen LogP contribution in [0.4, 0.5) is 0 Å². The van der Waals surface area contributed by atoms with Gasteiger partial charge in [-0.2, -0.15) is 0 Å². The second-order valence-corrected chi connectivity index (χ2v) is 5.68. The van der Waals surface area contributed by atoms with E-state index in [0.717, 1.165) is 11.1 Å². The Labute approximate surface area is 120 Å². The van der Waals surface area contributed by atoms with Crippen molar-refractivity contribution in [2.75, 3.05) is 0 Å². The molecule has 0 radical (unpaired) electrons. The Morgan fingerprint density at radius 3 is 2.35 bits per heavy atom. The average molecular weight is 277 g/mol. The van der Waals surface area contributed by atoms with E-state index >= 15 is 0 Å². The van der Waals surface area contributed by atoms with Gasteiger partial charge in [-0.3, -0.25) is 4.79 Å². The standard InChI is InChI=1S/C16H23NO3/c1-10(2)7-14(16(19)20)17-15(18)9-13-6-5-11(3)12(4)8-13/h5-6,8,10,14H,7,9H2,1-4H3,(H,17,18)(H,19,20)/t14-/m0/s1. The maximum atomic E-state index is 11.9. The normalized spacial score (nSPS) is 12.2. The van der Waals surface area contributed by atoms with Crippen molar-refractivity contribution in [2.24, 2.45) is 5.92 Å². The maximum Gasteiger partial charge on any atom is 0.326 e. The van der Waals surface area contributed by atoms with Crippen LogP contribution >= 0.6 is 0 Å². The Hall–Kier alpha value is -1.84. The summed E-state index contributed by atoms with van der Waals surface area (Å²) in [6.45, 7) is 7.88. The van der Waals surface area contributed by atoms with Gasteiger partial charge in [-0.1, -0.05) is 32.0 Å². The van der Waals surface area contributed by atoms with Crippen LogP contribution in [0.1, 0.15) is 37.0 Å². The third-order valence-corrected chi connectivity index (χ3v) is 3.28. The molecule has 4 nitrogen and oxygen atoms in total. The van der Waals surface area contributed by atoms with Gasteiger partial charge in [-0.25, -0.2) is 4.79 Å². The van der Waals surface area contributed by atoms with E-state index in [9.17, 15) is 9.59 Å². The summed E-state index contributed by atoms with van der Waals surface area (Å²) in [7, 11) is 0. The van der Waals surface area contributed by atoms with Gasteiger partial charge in [-0.05, 0) is 42.9 Å². The number of aliphatic carboxylic acids is 1. The zero-order chi connectivity index (χ0) is 15.3. The molecule has 0 bridgehead atoms. The molecule has 1 atom stereocenters. The number of carbonyl (C=O) groups excluding carboxylic acids is 1. The van der Waals surface area contributed by atoms with Crippen LogP contribution in [0.3, 0.4) is 0 Å². The lowest BCUT2D eigenvalue weighted by Gasteiger charge is -2.16. The SMILES string of the molecule is Cc1ccc(CC(=O)N[C@@H](CC(C)C)C(=O)O)cc1C. The van der Waals surface area contributed by atoms with E-state index in [1.54, 1.807) is 0 Å². The first kappa shape index (κ1) is 16.2. The molecule has 2 N–H and O–H groups in total. The molecule has 0 aliphatic rings. The van der Waals surface area contributed by atoms with Crippen molar-refractivity contribution in [2.45, 2.75) is 46.6 Å². The van der Waals surface area contributed by atoms with Crippen LogP contribution in [0.25, 0.3) is 0 Å². The van der Waals surface area contributed by atoms with Crippen LogP contribution in [0.15, 0.2) is 18.2 Å². The zero-order valence-electron chi connectivity index (χ0n) is 12.6. The molecule has 4 heteroatoms. The highest BCUT2D eigenvalue weighted by Gasteiger charge is 2.20. The molecule has 0 saturated carbocycles. The molecule has 0 aliphatic heterocycles. The predicted octanol–water partition coefficient (Wildman–Crippen LogP) is 2.46. The minimum Gasteiger partial charge on any atom is -0.480 e. The Balaban J connectivity index is 2.65. The fourth-order valence-electron chi connectivity index (χ4n) is 2.04. The van der Waals surface area contributed by atoms with Crippen LogP contribution < -0.4 is 5.32 Å². The molecule has 1 aromatic rings. The quantitative estimate of drug-likeness (QED) is 0.839. The molecule has 0 spiro atoms. The number of amides is 1. The van der Waals surface area contributed by atoms with E-state index in [1.165, 1.54) is 5.56 Å². The van der Waals surface area contributed by atoms with Crippen molar-refractivity contribution in [1.29, 1.82) is 0 Å². The number of carbonyl (C=O) groups is 2. The minimum absolute atomic E-state index is 0.211. The molecule has 0 fully saturated rings. The minimum atomic E-state index is -0.980. The highest BCUT2D eigenvalue weighted by Crippen LogP contribution is 2.11. The molecule has 0 aliphatic carbocycles. The number of nitrogens with one attached hydrogen (secondary N) is 1. The largest absolute Gasteiger partial charge is 0.480 e. The molecule has 0 heterocycles. The molecule has 0 aromatic heterocycles. The Morgan fingerprint density at radius 2 is 1.85 bits per heavy atom. The summed E-state index contributed by atoms with van der Waals surface area (Å²) in [5, 5.41) is 11.7. The van der Waals surface area contributed by atoms with Crippen molar-refractivity contribution in [3.8, 4) is 0 Å². The molecule has 1 rings (SSSR count). The van der Waals surface area contributed by atoms with Crippen LogP contribution in [-0.2, 0) is 16.0 Å². The third-order valence-electron chi connectivity index (χ3n) is 3.28. The van der Waals surface area contributed by atoms with Gasteiger partial charge >= 0.3 is 5.97 Å². The summed E-state index contributed by atoms with van der Waals surface area (Å²) in [5.41, 5.74) is 3.21. The highest BCUT2D eigenvalue weighted by molar-refractivity contribution is 5.84. The van der Waals surface area contributed by atoms with E-state index in [-0.39, 0.29) is 18.2 Å². The van der Waals surface area contributed by atoms with E-state index in [2.05, 4.69) is 5.32 Å². The predicted molar refractivity (Wildman–Crippen MR) is 78.6 cm³/mol. The number of benzene rings is 1. The van der Waals surface area contributed by atoms with Crippen molar-refractivity contribution >= 4 is 11.9 Å². The van der Waals surface area contributed by atoms with Gasteiger partial charge in [0.25, 0.3) is 0 Å². The molecule has 20 heavy (non-hydrogen) atoms. The lowest BCUT2D eigenvalue weighted by molar-refractivity contribution is -0.142. The summed E-state index contributed by atoms with van der Waals surface area (Å²) in [6.07, 6.45) is 0.650. The number of rotatable bonds is 6. The number of carboxylic acids is 1. The zero-order valence-corrected chi connectivity index (χ0v) is 12.6. The van der Waals surface area contributed by atoms with Gasteiger partial charge in [0, 0.05) is 0 Å². The summed E-state index contributed by atoms with van der Waals surface area (Å²) in [4.78, 5) is 23.0. The molecule has 0 unspecified atom stereocenters. The summed E-state index contributed by atoms with van der Waals surface area (Å²) < 4.78 is 0. The molecule has 0 saturated heterocycles. The van der Waals surface area contributed by atoms with E-state index in [4.69, 9.17) is 5.11 Å². The first-order valence-electron chi connectivity index (χ1n) is 6.88. The van der Waals surface area contributed by atoms with E-state index in [1.807, 2.05) is 45.9 Å². The first-order valence-corrected chi connectivity index (χ1v) is 6.88. The van der Waals surface area contributed by atoms with Gasteiger partial charge in [0.2, 0.25) is 5.91 Å². The van der Waals surface area contributed by atoms with Gasteiger partial charge in [0.05, 0.1) is 6.42 Å². The third kappa shape index (κ3) is 5.03. The van der Waals surface area contributed by atoms with E-state index < -0.39 is 12.0 Å². The Morgan fingerprint density at radius 1 is 1.20 bits per heavy atom. The lowest BCUT2D eigenvalue weighted by atomic mass is 10.0. The molecule has 1 aromatic carbocycles. The first-order chi connectivity index (χ1) is 9.29. The second kappa shape index (κ2) is 7.08. The summed E-state index contributed by atoms with van der Waals surface area (Å²) in [6, 6.07) is 5.03. The van der Waals surface area contributed by atoms with Crippen molar-refractivity contribution in [3.63, 3.8) is 0 Å². The van der Waals surface area contributed by atoms with Crippen LogP contribution in [-0.4, -0.2) is 23.0 Å². The van der Waals surface area contributed by atoms with Crippen LogP contribution in [0, 0.1) is 19.8 Å². The summed E-state index contributed by atoms with van der Waals surface area (Å²) in [5.74, 6) is -1.01. The maximum absolute atomic E-state index is 11.9. The Bertz CT molecular complexity index is 494. The van der Waals surface area contributed by atoms with Crippen molar-refractivity contribution in [1.82, 2.24) is 5.32 Å². The second-order valence-electron chi connectivity index (χ2n) is 5.68. The number of aryl methyl sites for hydroxylation is 2. The average Bonchev–Trinajstić information content (AvgIpc) is 2.32. The highest BCUT2D eigenvalue weighted by atomic mass is 16.4. The van der Waals surface area contributed by atoms with Crippen molar-refractivity contribution in [3.05, 3.63) is 34.9 Å². The number of carboxylic acid groups (broad SMARTS) is 1. The molecular formula is C16H23NO3. The lowest BCUT2D eigenvalue weighted by Crippen LogP contribution is -2.42. The molecule has 110 valence electrons. The van der Waals surface area contributed by atoms with Crippen molar-refractivity contribution < 1.29 is 14.7 Å². The smallest absolute Gasteiger partial charge is 0.326 e. The fourth-order valence-corrected chi connectivity index (χ4v) is 2.04. The Kier molecular flexibility index (Phi) is 5.74. The topological polar surface area (TPSA) is 66.4 Å². The summed E-state index contributed by atoms with van der Waals surface area (Å²) >= 11 is 0. The number of hydrogen-bond donors (Lipinski definition) is 2. The van der Waals surface area contributed by atoms with Crippen LogP contribution in [0.5, 0.6) is 0 Å². The molecular weight excluding hydrogens is 254 g/mol. The monoisotopic (exact) mass is 277 g/mol. The van der Waals surface area contributed by atoms with Gasteiger partial charge in [0.1, 0.15) is 6.04 Å². The van der Waals surface area contributed by atoms with E-state index in [0.29, 0.717) is 6.42 Å². The fraction of sp³-hybridized carbons (Fsp3) is 0.500. The van der Waals surface area contributed by atoms with Crippen LogP contribution in [0.2, 0.25) is 0 Å². The van der Waals surface area contributed by atoms with Gasteiger partial charge in [0.15, 0.2) is 0 Å². The molecule has 1 amide bonds. The number of hydrogen-bond acceptors (Lipinski definition) is 2.